The summed E-state index contributed by atoms with van der Waals surface area (Å²) >= 11 is 0. The first-order chi connectivity index (χ1) is 6.99. The second-order valence-corrected chi connectivity index (χ2v) is 5.81. The standard InChI is InChI=1S/C13H27NO/c1-9(2)14-8-13(15)12-6-10(3)5-11(4)7-12/h9-15H,5-8H2,1-4H3. The van der Waals surface area contributed by atoms with E-state index in [4.69, 9.17) is 0 Å². The highest BCUT2D eigenvalue weighted by molar-refractivity contribution is 4.80. The minimum absolute atomic E-state index is 0.155. The van der Waals surface area contributed by atoms with Crippen LogP contribution in [0.15, 0.2) is 0 Å². The lowest BCUT2D eigenvalue weighted by atomic mass is 9.74. The molecule has 1 rings (SSSR count). The van der Waals surface area contributed by atoms with E-state index in [1.165, 1.54) is 19.3 Å². The van der Waals surface area contributed by atoms with Crippen molar-refractivity contribution in [2.75, 3.05) is 6.54 Å². The maximum absolute atomic E-state index is 10.1. The number of hydrogen-bond acceptors (Lipinski definition) is 2. The fourth-order valence-electron chi connectivity index (χ4n) is 2.85. The smallest absolute Gasteiger partial charge is 0.0693 e. The average Bonchev–Trinajstić information content (AvgIpc) is 2.12. The summed E-state index contributed by atoms with van der Waals surface area (Å²) in [5.41, 5.74) is 0. The molecule has 3 unspecified atom stereocenters. The molecule has 1 aliphatic rings. The minimum Gasteiger partial charge on any atom is -0.392 e. The lowest BCUT2D eigenvalue weighted by molar-refractivity contribution is 0.0545. The molecule has 0 aromatic carbocycles. The summed E-state index contributed by atoms with van der Waals surface area (Å²) in [5.74, 6) is 2.08. The Bertz CT molecular complexity index is 171. The molecule has 0 aromatic heterocycles. The quantitative estimate of drug-likeness (QED) is 0.751. The van der Waals surface area contributed by atoms with Crippen LogP contribution in [0, 0.1) is 17.8 Å². The Morgan fingerprint density at radius 3 is 2.13 bits per heavy atom. The van der Waals surface area contributed by atoms with E-state index >= 15 is 0 Å². The van der Waals surface area contributed by atoms with Gasteiger partial charge >= 0.3 is 0 Å². The molecule has 3 atom stereocenters. The largest absolute Gasteiger partial charge is 0.392 e. The highest BCUT2D eigenvalue weighted by Crippen LogP contribution is 2.34. The summed E-state index contributed by atoms with van der Waals surface area (Å²) < 4.78 is 0. The lowest BCUT2D eigenvalue weighted by Gasteiger charge is -2.34. The monoisotopic (exact) mass is 213 g/mol. The maximum Gasteiger partial charge on any atom is 0.0693 e. The van der Waals surface area contributed by atoms with E-state index in [-0.39, 0.29) is 6.10 Å². The molecule has 1 fully saturated rings. The van der Waals surface area contributed by atoms with Crippen LogP contribution >= 0.6 is 0 Å². The third-order valence-corrected chi connectivity index (χ3v) is 3.49. The molecule has 0 aliphatic heterocycles. The number of rotatable bonds is 4. The predicted molar refractivity (Wildman–Crippen MR) is 64.8 cm³/mol. The van der Waals surface area contributed by atoms with Crippen molar-refractivity contribution in [3.8, 4) is 0 Å². The van der Waals surface area contributed by atoms with Crippen LogP contribution < -0.4 is 5.32 Å². The van der Waals surface area contributed by atoms with Gasteiger partial charge in [-0.3, -0.25) is 0 Å². The molecule has 1 aliphatic carbocycles. The van der Waals surface area contributed by atoms with E-state index in [2.05, 4.69) is 33.0 Å². The molecule has 0 saturated heterocycles. The van der Waals surface area contributed by atoms with E-state index < -0.39 is 0 Å². The molecular formula is C13H27NO. The van der Waals surface area contributed by atoms with Gasteiger partial charge in [-0.2, -0.15) is 0 Å². The number of hydrogen-bond donors (Lipinski definition) is 2. The van der Waals surface area contributed by atoms with Gasteiger partial charge in [-0.1, -0.05) is 27.7 Å². The van der Waals surface area contributed by atoms with Crippen LogP contribution in [0.3, 0.4) is 0 Å². The average molecular weight is 213 g/mol. The van der Waals surface area contributed by atoms with Crippen LogP contribution in [-0.4, -0.2) is 23.8 Å². The number of aliphatic hydroxyl groups is 1. The van der Waals surface area contributed by atoms with E-state index in [9.17, 15) is 5.11 Å². The summed E-state index contributed by atoms with van der Waals surface area (Å²) in [6, 6.07) is 0.470. The second kappa shape index (κ2) is 5.86. The first-order valence-electron chi connectivity index (χ1n) is 6.40. The van der Waals surface area contributed by atoms with E-state index in [0.29, 0.717) is 12.0 Å². The van der Waals surface area contributed by atoms with Gasteiger partial charge in [0.1, 0.15) is 0 Å². The van der Waals surface area contributed by atoms with Gasteiger partial charge in [0, 0.05) is 12.6 Å². The van der Waals surface area contributed by atoms with Crippen LogP contribution in [0.1, 0.15) is 47.0 Å². The predicted octanol–water partition coefficient (Wildman–Crippen LogP) is 2.42. The zero-order valence-corrected chi connectivity index (χ0v) is 10.7. The number of aliphatic hydroxyl groups excluding tert-OH is 1. The van der Waals surface area contributed by atoms with Crippen molar-refractivity contribution >= 4 is 0 Å². The van der Waals surface area contributed by atoms with Gasteiger partial charge in [0.25, 0.3) is 0 Å². The Morgan fingerprint density at radius 2 is 1.67 bits per heavy atom. The SMILES string of the molecule is CC1CC(C)CC(C(O)CNC(C)C)C1. The van der Waals surface area contributed by atoms with Crippen molar-refractivity contribution in [1.82, 2.24) is 5.32 Å². The topological polar surface area (TPSA) is 32.3 Å². The van der Waals surface area contributed by atoms with Crippen LogP contribution in [-0.2, 0) is 0 Å². The lowest BCUT2D eigenvalue weighted by Crippen LogP contribution is -2.39. The van der Waals surface area contributed by atoms with Crippen molar-refractivity contribution in [2.24, 2.45) is 17.8 Å². The Kier molecular flexibility index (Phi) is 5.07. The molecule has 0 bridgehead atoms. The molecule has 2 N–H and O–H groups in total. The van der Waals surface area contributed by atoms with Crippen LogP contribution in [0.25, 0.3) is 0 Å². The summed E-state index contributed by atoms with van der Waals surface area (Å²) in [6.45, 7) is 9.62. The molecule has 0 amide bonds. The first-order valence-corrected chi connectivity index (χ1v) is 6.40. The van der Waals surface area contributed by atoms with Crippen molar-refractivity contribution in [1.29, 1.82) is 0 Å². The molecule has 0 radical (unpaired) electrons. The summed E-state index contributed by atoms with van der Waals surface area (Å²) in [6.07, 6.45) is 3.58. The van der Waals surface area contributed by atoms with Gasteiger partial charge in [0.05, 0.1) is 6.10 Å². The maximum atomic E-state index is 10.1. The Labute approximate surface area is 94.5 Å². The van der Waals surface area contributed by atoms with Crippen LogP contribution in [0.5, 0.6) is 0 Å². The van der Waals surface area contributed by atoms with Gasteiger partial charge in [-0.05, 0) is 37.0 Å². The van der Waals surface area contributed by atoms with Crippen LogP contribution in [0.2, 0.25) is 0 Å². The van der Waals surface area contributed by atoms with Gasteiger partial charge in [0.15, 0.2) is 0 Å². The zero-order valence-electron chi connectivity index (χ0n) is 10.7. The van der Waals surface area contributed by atoms with E-state index in [1.807, 2.05) is 0 Å². The number of nitrogens with one attached hydrogen (secondary N) is 1. The molecular weight excluding hydrogens is 186 g/mol. The van der Waals surface area contributed by atoms with Crippen molar-refractivity contribution < 1.29 is 5.11 Å². The normalized spacial score (nSPS) is 34.4. The Hall–Kier alpha value is -0.0800. The molecule has 2 nitrogen and oxygen atoms in total. The van der Waals surface area contributed by atoms with Crippen molar-refractivity contribution in [2.45, 2.75) is 59.1 Å². The molecule has 0 aromatic rings. The Balaban J connectivity index is 2.34. The first kappa shape index (κ1) is 13.0. The molecule has 1 saturated carbocycles. The fraction of sp³-hybridized carbons (Fsp3) is 1.00. The van der Waals surface area contributed by atoms with Gasteiger partial charge in [-0.15, -0.1) is 0 Å². The highest BCUT2D eigenvalue weighted by Gasteiger charge is 2.28. The Morgan fingerprint density at radius 1 is 1.13 bits per heavy atom. The molecule has 90 valence electrons. The second-order valence-electron chi connectivity index (χ2n) is 5.81. The molecule has 2 heteroatoms. The third-order valence-electron chi connectivity index (χ3n) is 3.49. The highest BCUT2D eigenvalue weighted by atomic mass is 16.3. The van der Waals surface area contributed by atoms with Crippen LogP contribution in [0.4, 0.5) is 0 Å². The molecule has 0 heterocycles. The summed E-state index contributed by atoms with van der Waals surface area (Å²) in [4.78, 5) is 0. The van der Waals surface area contributed by atoms with Crippen molar-refractivity contribution in [3.63, 3.8) is 0 Å². The van der Waals surface area contributed by atoms with E-state index in [1.54, 1.807) is 0 Å². The zero-order chi connectivity index (χ0) is 11.4. The summed E-state index contributed by atoms with van der Waals surface area (Å²) in [7, 11) is 0. The minimum atomic E-state index is -0.155. The third kappa shape index (κ3) is 4.52. The van der Waals surface area contributed by atoms with Gasteiger partial charge < -0.3 is 10.4 Å². The van der Waals surface area contributed by atoms with Gasteiger partial charge in [-0.25, -0.2) is 0 Å². The van der Waals surface area contributed by atoms with Crippen molar-refractivity contribution in [3.05, 3.63) is 0 Å². The molecule has 15 heavy (non-hydrogen) atoms. The summed E-state index contributed by atoms with van der Waals surface area (Å²) in [5, 5.41) is 13.4. The fourth-order valence-corrected chi connectivity index (χ4v) is 2.85. The van der Waals surface area contributed by atoms with Gasteiger partial charge in [0.2, 0.25) is 0 Å². The van der Waals surface area contributed by atoms with E-state index in [0.717, 1.165) is 18.4 Å². The molecule has 0 spiro atoms.